The summed E-state index contributed by atoms with van der Waals surface area (Å²) in [6, 6.07) is 1.79. The maximum atomic E-state index is 12.4. The van der Waals surface area contributed by atoms with Gasteiger partial charge >= 0.3 is 0 Å². The first kappa shape index (κ1) is 10.5. The zero-order chi connectivity index (χ0) is 10.7. The largest absolute Gasteiger partial charge is 0.392 e. The van der Waals surface area contributed by atoms with Crippen molar-refractivity contribution in [2.75, 3.05) is 0 Å². The highest BCUT2D eigenvalue weighted by Gasteiger charge is 2.17. The van der Waals surface area contributed by atoms with E-state index in [4.69, 9.17) is 10.4 Å². The van der Waals surface area contributed by atoms with Crippen molar-refractivity contribution in [1.29, 1.82) is 5.26 Å². The second-order valence-corrected chi connectivity index (χ2v) is 2.73. The van der Waals surface area contributed by atoms with E-state index in [0.29, 0.717) is 0 Å². The molecule has 5 heteroatoms. The first-order valence-electron chi connectivity index (χ1n) is 3.89. The zero-order valence-corrected chi connectivity index (χ0v) is 7.46. The van der Waals surface area contributed by atoms with Crippen LogP contribution in [0.3, 0.4) is 0 Å². The Morgan fingerprint density at radius 2 is 2.29 bits per heavy atom. The number of rotatable bonds is 2. The van der Waals surface area contributed by atoms with E-state index in [1.54, 1.807) is 6.07 Å². The Kier molecular flexibility index (Phi) is 3.10. The normalized spacial score (nSPS) is 10.3. The third-order valence-electron chi connectivity index (χ3n) is 1.98. The number of alkyl halides is 2. The van der Waals surface area contributed by atoms with Crippen LogP contribution in [0.1, 0.15) is 28.8 Å². The number of pyridine rings is 1. The summed E-state index contributed by atoms with van der Waals surface area (Å²) in [6.07, 6.45) is -1.63. The lowest BCUT2D eigenvalue weighted by molar-refractivity contribution is 0.144. The maximum Gasteiger partial charge on any atom is 0.280 e. The van der Waals surface area contributed by atoms with E-state index in [2.05, 4.69) is 4.98 Å². The molecular weight excluding hydrogens is 190 g/mol. The minimum Gasteiger partial charge on any atom is -0.392 e. The Labute approximate surface area is 79.6 Å². The van der Waals surface area contributed by atoms with Crippen LogP contribution in [0.25, 0.3) is 0 Å². The lowest BCUT2D eigenvalue weighted by Gasteiger charge is -2.08. The minimum absolute atomic E-state index is 0.134. The standard InChI is InChI=1S/C9H8F2N2O/c1-5-7(4-14)6(2-12)3-13-8(5)9(10)11/h3,9,14H,4H2,1H3. The van der Waals surface area contributed by atoms with Gasteiger partial charge in [-0.25, -0.2) is 8.78 Å². The van der Waals surface area contributed by atoms with Crippen LogP contribution in [0.4, 0.5) is 8.78 Å². The van der Waals surface area contributed by atoms with Gasteiger partial charge in [-0.2, -0.15) is 5.26 Å². The predicted octanol–water partition coefficient (Wildman–Crippen LogP) is 1.69. The van der Waals surface area contributed by atoms with Gasteiger partial charge < -0.3 is 5.11 Å². The first-order chi connectivity index (χ1) is 6.61. The average molecular weight is 198 g/mol. The maximum absolute atomic E-state index is 12.4. The van der Waals surface area contributed by atoms with Crippen LogP contribution < -0.4 is 0 Å². The monoisotopic (exact) mass is 198 g/mol. The quantitative estimate of drug-likeness (QED) is 0.786. The zero-order valence-electron chi connectivity index (χ0n) is 7.46. The lowest BCUT2D eigenvalue weighted by atomic mass is 10.0. The average Bonchev–Trinajstić information content (AvgIpc) is 2.16. The van der Waals surface area contributed by atoms with Crippen LogP contribution in [-0.4, -0.2) is 10.1 Å². The van der Waals surface area contributed by atoms with Crippen molar-refractivity contribution in [2.45, 2.75) is 20.0 Å². The number of aliphatic hydroxyl groups excluding tert-OH is 1. The highest BCUT2D eigenvalue weighted by atomic mass is 19.3. The molecule has 0 aliphatic heterocycles. The van der Waals surface area contributed by atoms with Crippen molar-refractivity contribution in [3.05, 3.63) is 28.6 Å². The van der Waals surface area contributed by atoms with Crippen molar-refractivity contribution in [3.8, 4) is 6.07 Å². The Balaban J connectivity index is 3.37. The van der Waals surface area contributed by atoms with Crippen LogP contribution in [-0.2, 0) is 6.61 Å². The lowest BCUT2D eigenvalue weighted by Crippen LogP contribution is -2.02. The third-order valence-corrected chi connectivity index (χ3v) is 1.98. The molecule has 0 amide bonds. The van der Waals surface area contributed by atoms with E-state index in [1.165, 1.54) is 6.92 Å². The van der Waals surface area contributed by atoms with E-state index < -0.39 is 13.0 Å². The molecule has 0 spiro atoms. The van der Waals surface area contributed by atoms with Crippen LogP contribution in [0.5, 0.6) is 0 Å². The Morgan fingerprint density at radius 3 is 2.71 bits per heavy atom. The van der Waals surface area contributed by atoms with Gasteiger partial charge in [0.25, 0.3) is 6.43 Å². The van der Waals surface area contributed by atoms with Crippen molar-refractivity contribution >= 4 is 0 Å². The number of aliphatic hydroxyl groups is 1. The molecule has 74 valence electrons. The van der Waals surface area contributed by atoms with Crippen LogP contribution in [0.15, 0.2) is 6.20 Å². The molecule has 0 bridgehead atoms. The fraction of sp³-hybridized carbons (Fsp3) is 0.333. The summed E-state index contributed by atoms with van der Waals surface area (Å²) in [5, 5.41) is 17.5. The Bertz CT molecular complexity index is 385. The highest BCUT2D eigenvalue weighted by molar-refractivity contribution is 5.42. The summed E-state index contributed by atoms with van der Waals surface area (Å²) < 4.78 is 24.7. The Hall–Kier alpha value is -1.54. The van der Waals surface area contributed by atoms with Gasteiger partial charge in [0.1, 0.15) is 11.8 Å². The van der Waals surface area contributed by atoms with Crippen molar-refractivity contribution in [3.63, 3.8) is 0 Å². The van der Waals surface area contributed by atoms with Gasteiger partial charge in [-0.3, -0.25) is 4.98 Å². The van der Waals surface area contributed by atoms with Gasteiger partial charge in [0.15, 0.2) is 0 Å². The molecule has 0 saturated heterocycles. The van der Waals surface area contributed by atoms with Gasteiger partial charge in [-0.15, -0.1) is 0 Å². The second-order valence-electron chi connectivity index (χ2n) is 2.73. The fourth-order valence-electron chi connectivity index (χ4n) is 1.19. The minimum atomic E-state index is -2.69. The third kappa shape index (κ3) is 1.70. The smallest absolute Gasteiger partial charge is 0.280 e. The molecule has 3 nitrogen and oxygen atoms in total. The molecule has 14 heavy (non-hydrogen) atoms. The van der Waals surface area contributed by atoms with Crippen molar-refractivity contribution in [2.24, 2.45) is 0 Å². The number of aromatic nitrogens is 1. The number of hydrogen-bond donors (Lipinski definition) is 1. The molecule has 1 rings (SSSR count). The molecule has 1 aromatic rings. The van der Waals surface area contributed by atoms with Gasteiger partial charge in [0.05, 0.1) is 12.2 Å². The summed E-state index contributed by atoms with van der Waals surface area (Å²) in [4.78, 5) is 3.47. The molecule has 1 N–H and O–H groups in total. The van der Waals surface area contributed by atoms with Gasteiger partial charge in [0, 0.05) is 11.8 Å². The van der Waals surface area contributed by atoms with E-state index in [1.807, 2.05) is 0 Å². The molecular formula is C9H8F2N2O. The predicted molar refractivity (Wildman–Crippen MR) is 44.6 cm³/mol. The fourth-order valence-corrected chi connectivity index (χ4v) is 1.19. The van der Waals surface area contributed by atoms with E-state index in [0.717, 1.165) is 6.20 Å². The van der Waals surface area contributed by atoms with E-state index in [-0.39, 0.29) is 22.4 Å². The molecule has 1 heterocycles. The molecule has 0 radical (unpaired) electrons. The number of nitrogens with zero attached hydrogens (tertiary/aromatic N) is 2. The SMILES string of the molecule is Cc1c(C(F)F)ncc(C#N)c1CO. The second kappa shape index (κ2) is 4.11. The number of nitriles is 1. The molecule has 0 atom stereocenters. The summed E-state index contributed by atoms with van der Waals surface area (Å²) in [5.74, 6) is 0. The van der Waals surface area contributed by atoms with Crippen molar-refractivity contribution < 1.29 is 13.9 Å². The van der Waals surface area contributed by atoms with E-state index in [9.17, 15) is 8.78 Å². The van der Waals surface area contributed by atoms with Crippen LogP contribution in [0, 0.1) is 18.3 Å². The summed E-state index contributed by atoms with van der Waals surface area (Å²) in [7, 11) is 0. The molecule has 0 aliphatic rings. The number of halogens is 2. The van der Waals surface area contributed by atoms with Crippen molar-refractivity contribution in [1.82, 2.24) is 4.98 Å². The summed E-state index contributed by atoms with van der Waals surface area (Å²) in [5.41, 5.74) is 0.154. The molecule has 0 aliphatic carbocycles. The van der Waals surface area contributed by atoms with Crippen LogP contribution in [0.2, 0.25) is 0 Å². The van der Waals surface area contributed by atoms with Crippen LogP contribution >= 0.6 is 0 Å². The summed E-state index contributed by atoms with van der Waals surface area (Å²) in [6.45, 7) is 0.984. The number of hydrogen-bond acceptors (Lipinski definition) is 3. The highest BCUT2D eigenvalue weighted by Crippen LogP contribution is 2.24. The molecule has 0 aromatic carbocycles. The Morgan fingerprint density at radius 1 is 1.64 bits per heavy atom. The van der Waals surface area contributed by atoms with Gasteiger partial charge in [0.2, 0.25) is 0 Å². The van der Waals surface area contributed by atoms with E-state index >= 15 is 0 Å². The topological polar surface area (TPSA) is 56.9 Å². The van der Waals surface area contributed by atoms with Gasteiger partial charge in [-0.1, -0.05) is 0 Å². The molecule has 0 saturated carbocycles. The molecule has 0 unspecified atom stereocenters. The van der Waals surface area contributed by atoms with Gasteiger partial charge in [-0.05, 0) is 12.5 Å². The molecule has 1 aromatic heterocycles. The summed E-state index contributed by atoms with van der Waals surface area (Å²) >= 11 is 0. The molecule has 0 fully saturated rings. The first-order valence-corrected chi connectivity index (χ1v) is 3.89.